The van der Waals surface area contributed by atoms with Crippen molar-refractivity contribution in [2.24, 2.45) is 0 Å². The minimum atomic E-state index is -1.00. The Hall–Kier alpha value is -3.35. The van der Waals surface area contributed by atoms with Crippen molar-refractivity contribution in [2.45, 2.75) is 26.9 Å². The van der Waals surface area contributed by atoms with E-state index in [2.05, 4.69) is 10.6 Å². The lowest BCUT2D eigenvalue weighted by atomic mass is 10.1. The highest BCUT2D eigenvalue weighted by atomic mass is 16.5. The molecule has 0 aliphatic carbocycles. The fraction of sp³-hybridized carbons (Fsp3) is 0.250. The largest absolute Gasteiger partial charge is 0.496 e. The third kappa shape index (κ3) is 5.57. The number of nitrogens with one attached hydrogen (secondary N) is 2. The molecule has 0 spiro atoms. The summed E-state index contributed by atoms with van der Waals surface area (Å²) in [5.41, 5.74) is 2.27. The minimum Gasteiger partial charge on any atom is -0.496 e. The monoisotopic (exact) mass is 370 g/mol. The highest BCUT2D eigenvalue weighted by Gasteiger charge is 2.21. The van der Waals surface area contributed by atoms with Crippen LogP contribution in [-0.2, 0) is 14.3 Å². The molecule has 27 heavy (non-hydrogen) atoms. The molecule has 2 N–H and O–H groups in total. The molecule has 0 aliphatic rings. The number of esters is 1. The second-order valence-electron chi connectivity index (χ2n) is 6.00. The van der Waals surface area contributed by atoms with Crippen molar-refractivity contribution < 1.29 is 23.9 Å². The number of amides is 2. The Morgan fingerprint density at radius 2 is 1.56 bits per heavy atom. The lowest BCUT2D eigenvalue weighted by Gasteiger charge is -2.15. The van der Waals surface area contributed by atoms with Gasteiger partial charge in [-0.15, -0.1) is 0 Å². The standard InChI is InChI=1S/C20H22N2O5/c1-12-5-10-18(26-4)17(11-12)20(25)27-13(2)19(24)22-16-8-6-15(7-9-16)21-14(3)23/h5-11,13H,1-4H3,(H,21,23)(H,22,24)/t13-/m0/s1. The smallest absolute Gasteiger partial charge is 0.342 e. The maximum Gasteiger partial charge on any atom is 0.342 e. The Bertz CT molecular complexity index is 846. The second-order valence-corrected chi connectivity index (χ2v) is 6.00. The van der Waals surface area contributed by atoms with Gasteiger partial charge in [0, 0.05) is 18.3 Å². The fourth-order valence-corrected chi connectivity index (χ4v) is 2.34. The van der Waals surface area contributed by atoms with Crippen LogP contribution in [0.3, 0.4) is 0 Å². The molecule has 0 saturated carbocycles. The van der Waals surface area contributed by atoms with E-state index >= 15 is 0 Å². The number of hydrogen-bond acceptors (Lipinski definition) is 5. The molecule has 0 heterocycles. The van der Waals surface area contributed by atoms with Gasteiger partial charge in [0.05, 0.1) is 7.11 Å². The van der Waals surface area contributed by atoms with E-state index in [0.717, 1.165) is 5.56 Å². The molecule has 0 unspecified atom stereocenters. The van der Waals surface area contributed by atoms with Crippen LogP contribution in [0.15, 0.2) is 42.5 Å². The molecule has 0 radical (unpaired) electrons. The third-order valence-corrected chi connectivity index (χ3v) is 3.70. The number of ether oxygens (including phenoxy) is 2. The molecule has 2 rings (SSSR count). The Balaban J connectivity index is 2.00. The Morgan fingerprint density at radius 3 is 2.11 bits per heavy atom. The summed E-state index contributed by atoms with van der Waals surface area (Å²) in [6, 6.07) is 11.7. The summed E-state index contributed by atoms with van der Waals surface area (Å²) >= 11 is 0. The summed E-state index contributed by atoms with van der Waals surface area (Å²) < 4.78 is 10.4. The van der Waals surface area contributed by atoms with Gasteiger partial charge in [-0.1, -0.05) is 11.6 Å². The minimum absolute atomic E-state index is 0.182. The van der Waals surface area contributed by atoms with Crippen molar-refractivity contribution in [1.29, 1.82) is 0 Å². The van der Waals surface area contributed by atoms with Gasteiger partial charge < -0.3 is 20.1 Å². The number of carbonyl (C=O) groups is 3. The van der Waals surface area contributed by atoms with Crippen molar-refractivity contribution >= 4 is 29.2 Å². The molecule has 0 saturated heterocycles. The lowest BCUT2D eigenvalue weighted by Crippen LogP contribution is -2.30. The van der Waals surface area contributed by atoms with Gasteiger partial charge >= 0.3 is 5.97 Å². The fourth-order valence-electron chi connectivity index (χ4n) is 2.34. The van der Waals surface area contributed by atoms with Crippen molar-refractivity contribution in [3.8, 4) is 5.75 Å². The van der Waals surface area contributed by atoms with Crippen molar-refractivity contribution in [3.63, 3.8) is 0 Å². The average Bonchev–Trinajstić information content (AvgIpc) is 2.62. The summed E-state index contributed by atoms with van der Waals surface area (Å²) in [6.45, 7) is 4.74. The van der Waals surface area contributed by atoms with Gasteiger partial charge in [-0.2, -0.15) is 0 Å². The van der Waals surface area contributed by atoms with Crippen LogP contribution >= 0.6 is 0 Å². The molecule has 1 atom stereocenters. The number of carbonyl (C=O) groups excluding carboxylic acids is 3. The molecular weight excluding hydrogens is 348 g/mol. The first-order valence-electron chi connectivity index (χ1n) is 8.34. The molecule has 0 aliphatic heterocycles. The molecule has 2 aromatic carbocycles. The predicted octanol–water partition coefficient (Wildman–Crippen LogP) is 3.15. The van der Waals surface area contributed by atoms with E-state index in [1.165, 1.54) is 21.0 Å². The lowest BCUT2D eigenvalue weighted by molar-refractivity contribution is -0.123. The van der Waals surface area contributed by atoms with E-state index in [0.29, 0.717) is 17.1 Å². The first-order chi connectivity index (χ1) is 12.8. The maximum atomic E-state index is 12.4. The van der Waals surface area contributed by atoms with Gasteiger partial charge in [-0.3, -0.25) is 9.59 Å². The highest BCUT2D eigenvalue weighted by molar-refractivity contribution is 5.98. The van der Waals surface area contributed by atoms with Crippen LogP contribution in [-0.4, -0.2) is 31.0 Å². The number of aryl methyl sites for hydroxylation is 1. The van der Waals surface area contributed by atoms with Gasteiger partial charge in [-0.05, 0) is 50.2 Å². The Labute approximate surface area is 157 Å². The number of rotatable bonds is 6. The van der Waals surface area contributed by atoms with Gasteiger partial charge in [0.25, 0.3) is 5.91 Å². The maximum absolute atomic E-state index is 12.4. The van der Waals surface area contributed by atoms with E-state index in [9.17, 15) is 14.4 Å². The number of benzene rings is 2. The Kier molecular flexibility index (Phi) is 6.54. The molecule has 0 fully saturated rings. The normalized spacial score (nSPS) is 11.3. The van der Waals surface area contributed by atoms with Crippen LogP contribution in [0, 0.1) is 6.92 Å². The van der Waals surface area contributed by atoms with Crippen molar-refractivity contribution in [3.05, 3.63) is 53.6 Å². The van der Waals surface area contributed by atoms with E-state index < -0.39 is 18.0 Å². The zero-order valence-corrected chi connectivity index (χ0v) is 15.7. The molecule has 0 bridgehead atoms. The number of methoxy groups -OCH3 is 1. The predicted molar refractivity (Wildman–Crippen MR) is 102 cm³/mol. The van der Waals surface area contributed by atoms with E-state index in [-0.39, 0.29) is 11.5 Å². The number of anilines is 2. The number of hydrogen-bond donors (Lipinski definition) is 2. The molecule has 7 nitrogen and oxygen atoms in total. The topological polar surface area (TPSA) is 93.7 Å². The summed E-state index contributed by atoms with van der Waals surface area (Å²) in [4.78, 5) is 35.7. The van der Waals surface area contributed by atoms with Crippen LogP contribution in [0.1, 0.15) is 29.8 Å². The summed E-state index contributed by atoms with van der Waals surface area (Å²) in [7, 11) is 1.46. The molecule has 142 valence electrons. The van der Waals surface area contributed by atoms with Gasteiger partial charge in [0.1, 0.15) is 11.3 Å². The molecule has 0 aromatic heterocycles. The molecular formula is C20H22N2O5. The van der Waals surface area contributed by atoms with Gasteiger partial charge in [0.15, 0.2) is 6.10 Å². The first kappa shape index (κ1) is 20.0. The quantitative estimate of drug-likeness (QED) is 0.762. The zero-order valence-electron chi connectivity index (χ0n) is 15.7. The van der Waals surface area contributed by atoms with Crippen LogP contribution < -0.4 is 15.4 Å². The van der Waals surface area contributed by atoms with E-state index in [1.807, 2.05) is 13.0 Å². The summed E-state index contributed by atoms with van der Waals surface area (Å²) in [5.74, 6) is -0.910. The SMILES string of the molecule is COc1ccc(C)cc1C(=O)O[C@@H](C)C(=O)Nc1ccc(NC(C)=O)cc1. The van der Waals surface area contributed by atoms with Gasteiger partial charge in [-0.25, -0.2) is 4.79 Å². The molecule has 2 aromatic rings. The van der Waals surface area contributed by atoms with Crippen molar-refractivity contribution in [2.75, 3.05) is 17.7 Å². The van der Waals surface area contributed by atoms with E-state index in [4.69, 9.17) is 9.47 Å². The van der Waals surface area contributed by atoms with Crippen LogP contribution in [0.2, 0.25) is 0 Å². The van der Waals surface area contributed by atoms with Crippen LogP contribution in [0.5, 0.6) is 5.75 Å². The average molecular weight is 370 g/mol. The zero-order chi connectivity index (χ0) is 20.0. The van der Waals surface area contributed by atoms with Crippen LogP contribution in [0.25, 0.3) is 0 Å². The summed E-state index contributed by atoms with van der Waals surface area (Å²) in [6.07, 6.45) is -1.00. The first-order valence-corrected chi connectivity index (χ1v) is 8.34. The third-order valence-electron chi connectivity index (χ3n) is 3.70. The van der Waals surface area contributed by atoms with E-state index in [1.54, 1.807) is 36.4 Å². The van der Waals surface area contributed by atoms with Crippen molar-refractivity contribution in [1.82, 2.24) is 0 Å². The van der Waals surface area contributed by atoms with Crippen LogP contribution in [0.4, 0.5) is 11.4 Å². The van der Waals surface area contributed by atoms with Gasteiger partial charge in [0.2, 0.25) is 5.91 Å². The molecule has 2 amide bonds. The summed E-state index contributed by atoms with van der Waals surface area (Å²) in [5, 5.41) is 5.29. The molecule has 7 heteroatoms. The highest BCUT2D eigenvalue weighted by Crippen LogP contribution is 2.21. The second kappa shape index (κ2) is 8.84. The Morgan fingerprint density at radius 1 is 0.963 bits per heavy atom.